The molecule has 1 saturated heterocycles. The van der Waals surface area contributed by atoms with Gasteiger partial charge in [-0.3, -0.25) is 4.79 Å². The summed E-state index contributed by atoms with van der Waals surface area (Å²) in [5.41, 5.74) is 0.595. The normalized spacial score (nSPS) is 14.7. The van der Waals surface area contributed by atoms with Gasteiger partial charge in [0.05, 0.1) is 25.1 Å². The van der Waals surface area contributed by atoms with Crippen molar-refractivity contribution in [2.24, 2.45) is 0 Å². The number of amides is 1. The van der Waals surface area contributed by atoms with E-state index in [1.807, 2.05) is 36.4 Å². The number of methoxy groups -OCH3 is 1. The van der Waals surface area contributed by atoms with Gasteiger partial charge in [-0.15, -0.1) is 0 Å². The van der Waals surface area contributed by atoms with Crippen molar-refractivity contribution in [3.05, 3.63) is 54.4 Å². The highest BCUT2D eigenvalue weighted by molar-refractivity contribution is 6.02. The summed E-state index contributed by atoms with van der Waals surface area (Å²) in [6, 6.07) is 11.9. The van der Waals surface area contributed by atoms with Crippen molar-refractivity contribution in [1.82, 2.24) is 19.9 Å². The first-order chi connectivity index (χ1) is 11.3. The van der Waals surface area contributed by atoms with Gasteiger partial charge >= 0.3 is 0 Å². The van der Waals surface area contributed by atoms with Gasteiger partial charge in [0.15, 0.2) is 0 Å². The predicted molar refractivity (Wildman–Crippen MR) is 85.5 cm³/mol. The van der Waals surface area contributed by atoms with E-state index in [1.54, 1.807) is 29.2 Å². The van der Waals surface area contributed by atoms with E-state index in [0.717, 1.165) is 10.8 Å². The number of rotatable bonds is 3. The van der Waals surface area contributed by atoms with Crippen LogP contribution < -0.4 is 4.74 Å². The first-order valence-corrected chi connectivity index (χ1v) is 7.48. The van der Waals surface area contributed by atoms with Crippen molar-refractivity contribution in [2.75, 3.05) is 20.2 Å². The molecular formula is C17H16N4O2. The van der Waals surface area contributed by atoms with Crippen molar-refractivity contribution < 1.29 is 9.53 Å². The second-order valence-corrected chi connectivity index (χ2v) is 5.61. The summed E-state index contributed by atoms with van der Waals surface area (Å²) >= 11 is 0. The lowest BCUT2D eigenvalue weighted by Gasteiger charge is -2.38. The maximum absolute atomic E-state index is 12.8. The molecule has 0 spiro atoms. The maximum atomic E-state index is 12.8. The molecule has 6 heteroatoms. The Morgan fingerprint density at radius 2 is 1.78 bits per heavy atom. The molecule has 6 nitrogen and oxygen atoms in total. The van der Waals surface area contributed by atoms with Gasteiger partial charge in [0.1, 0.15) is 11.8 Å². The summed E-state index contributed by atoms with van der Waals surface area (Å²) in [6.45, 7) is 1.23. The van der Waals surface area contributed by atoms with Gasteiger partial charge < -0.3 is 9.64 Å². The fourth-order valence-corrected chi connectivity index (χ4v) is 2.91. The summed E-state index contributed by atoms with van der Waals surface area (Å²) in [4.78, 5) is 16.2. The molecule has 1 amide bonds. The molecule has 3 aromatic rings. The monoisotopic (exact) mass is 308 g/mol. The molecule has 0 saturated carbocycles. The van der Waals surface area contributed by atoms with Gasteiger partial charge in [-0.1, -0.05) is 24.3 Å². The standard InChI is InChI=1S/C17H16N4O2/c1-23-16-9-13-5-3-2-4-12(13)8-15(16)17(22)20-10-14(11-20)21-18-6-7-19-21/h2-9,14H,10-11H2,1H3. The second-order valence-electron chi connectivity index (χ2n) is 5.61. The summed E-state index contributed by atoms with van der Waals surface area (Å²) in [7, 11) is 1.59. The zero-order valence-corrected chi connectivity index (χ0v) is 12.7. The maximum Gasteiger partial charge on any atom is 0.257 e. The molecule has 0 atom stereocenters. The van der Waals surface area contributed by atoms with E-state index in [-0.39, 0.29) is 11.9 Å². The Morgan fingerprint density at radius 1 is 1.13 bits per heavy atom. The van der Waals surface area contributed by atoms with Crippen molar-refractivity contribution >= 4 is 16.7 Å². The third-order valence-electron chi connectivity index (χ3n) is 4.21. The minimum absolute atomic E-state index is 0.0176. The van der Waals surface area contributed by atoms with Crippen LogP contribution in [0.25, 0.3) is 10.8 Å². The van der Waals surface area contributed by atoms with E-state index in [4.69, 9.17) is 4.74 Å². The molecule has 116 valence electrons. The SMILES string of the molecule is COc1cc2ccccc2cc1C(=O)N1CC(n2nccn2)C1. The molecule has 1 aliphatic heterocycles. The Bertz CT molecular complexity index is 854. The number of aromatic nitrogens is 3. The van der Waals surface area contributed by atoms with Crippen LogP contribution in [-0.2, 0) is 0 Å². The summed E-state index contributed by atoms with van der Waals surface area (Å²) in [5, 5.41) is 10.3. The lowest BCUT2D eigenvalue weighted by atomic mass is 10.0. The lowest BCUT2D eigenvalue weighted by molar-refractivity contribution is 0.0473. The first-order valence-electron chi connectivity index (χ1n) is 7.48. The first kappa shape index (κ1) is 13.8. The Labute approximate surface area is 133 Å². The van der Waals surface area contributed by atoms with Gasteiger partial charge in [0.2, 0.25) is 0 Å². The van der Waals surface area contributed by atoms with Gasteiger partial charge in [0, 0.05) is 13.1 Å². The molecule has 1 aliphatic rings. The Kier molecular flexibility index (Phi) is 3.22. The van der Waals surface area contributed by atoms with Crippen LogP contribution in [0, 0.1) is 0 Å². The molecule has 0 radical (unpaired) electrons. The number of likely N-dealkylation sites (tertiary alicyclic amines) is 1. The highest BCUT2D eigenvalue weighted by Crippen LogP contribution is 2.29. The number of benzene rings is 2. The predicted octanol–water partition coefficient (Wildman–Crippen LogP) is 2.14. The highest BCUT2D eigenvalue weighted by Gasteiger charge is 2.34. The molecule has 0 unspecified atom stereocenters. The number of ether oxygens (including phenoxy) is 1. The summed E-state index contributed by atoms with van der Waals surface area (Å²) in [6.07, 6.45) is 3.30. The van der Waals surface area contributed by atoms with Gasteiger partial charge in [-0.05, 0) is 22.9 Å². The van der Waals surface area contributed by atoms with E-state index in [9.17, 15) is 4.79 Å². The Morgan fingerprint density at radius 3 is 2.43 bits per heavy atom. The lowest BCUT2D eigenvalue weighted by Crippen LogP contribution is -2.51. The fraction of sp³-hybridized carbons (Fsp3) is 0.235. The van der Waals surface area contributed by atoms with E-state index >= 15 is 0 Å². The van der Waals surface area contributed by atoms with E-state index in [0.29, 0.717) is 24.4 Å². The quantitative estimate of drug-likeness (QED) is 0.744. The summed E-state index contributed by atoms with van der Waals surface area (Å²) in [5.74, 6) is 0.588. The smallest absolute Gasteiger partial charge is 0.257 e. The number of carbonyl (C=O) groups is 1. The van der Waals surface area contributed by atoms with Crippen LogP contribution in [0.4, 0.5) is 0 Å². The molecule has 23 heavy (non-hydrogen) atoms. The van der Waals surface area contributed by atoms with Crippen molar-refractivity contribution in [3.63, 3.8) is 0 Å². The Hall–Kier alpha value is -2.89. The zero-order chi connectivity index (χ0) is 15.8. The second kappa shape index (κ2) is 5.39. The van der Waals surface area contributed by atoms with E-state index in [1.165, 1.54) is 0 Å². The number of carbonyl (C=O) groups excluding carboxylic acids is 1. The van der Waals surface area contributed by atoms with Crippen LogP contribution in [0.2, 0.25) is 0 Å². The van der Waals surface area contributed by atoms with Crippen LogP contribution >= 0.6 is 0 Å². The fourth-order valence-electron chi connectivity index (χ4n) is 2.91. The summed E-state index contributed by atoms with van der Waals surface area (Å²) < 4.78 is 5.42. The minimum Gasteiger partial charge on any atom is -0.496 e. The number of fused-ring (bicyclic) bond motifs is 1. The number of nitrogens with zero attached hydrogens (tertiary/aromatic N) is 4. The largest absolute Gasteiger partial charge is 0.496 e. The molecule has 2 heterocycles. The Balaban J connectivity index is 1.60. The average Bonchev–Trinajstić information content (AvgIpc) is 3.06. The van der Waals surface area contributed by atoms with Crippen LogP contribution in [0.3, 0.4) is 0 Å². The van der Waals surface area contributed by atoms with Gasteiger partial charge in [-0.2, -0.15) is 15.0 Å². The van der Waals surface area contributed by atoms with Crippen LogP contribution in [0.5, 0.6) is 5.75 Å². The molecule has 1 aromatic heterocycles. The van der Waals surface area contributed by atoms with Crippen molar-refractivity contribution in [2.45, 2.75) is 6.04 Å². The molecule has 0 N–H and O–H groups in total. The molecule has 4 rings (SSSR count). The van der Waals surface area contributed by atoms with E-state index < -0.39 is 0 Å². The highest BCUT2D eigenvalue weighted by atomic mass is 16.5. The van der Waals surface area contributed by atoms with Gasteiger partial charge in [0.25, 0.3) is 5.91 Å². The van der Waals surface area contributed by atoms with Crippen molar-refractivity contribution in [3.8, 4) is 5.75 Å². The molecule has 1 fully saturated rings. The molecule has 0 aliphatic carbocycles. The van der Waals surface area contributed by atoms with Crippen molar-refractivity contribution in [1.29, 1.82) is 0 Å². The van der Waals surface area contributed by atoms with Crippen LogP contribution in [0.1, 0.15) is 16.4 Å². The topological polar surface area (TPSA) is 60.2 Å². The molecule has 2 aromatic carbocycles. The third-order valence-corrected chi connectivity index (χ3v) is 4.21. The van der Waals surface area contributed by atoms with E-state index in [2.05, 4.69) is 10.2 Å². The number of hydrogen-bond donors (Lipinski definition) is 0. The minimum atomic E-state index is -0.0176. The zero-order valence-electron chi connectivity index (χ0n) is 12.7. The van der Waals surface area contributed by atoms with Crippen LogP contribution in [0.15, 0.2) is 48.8 Å². The van der Waals surface area contributed by atoms with Crippen LogP contribution in [-0.4, -0.2) is 46.0 Å². The van der Waals surface area contributed by atoms with Gasteiger partial charge in [-0.25, -0.2) is 0 Å². The molecule has 0 bridgehead atoms. The number of hydrogen-bond acceptors (Lipinski definition) is 4. The molecular weight excluding hydrogens is 292 g/mol. The third kappa shape index (κ3) is 2.32. The average molecular weight is 308 g/mol.